The lowest BCUT2D eigenvalue weighted by atomic mass is 9.96. The number of Topliss-reactive ketones (excluding diaryl/α,β-unsaturated/α-hetero) is 1. The fraction of sp³-hybridized carbons (Fsp3) is 0.529. The fourth-order valence-electron chi connectivity index (χ4n) is 2.09. The van der Waals surface area contributed by atoms with Gasteiger partial charge in [-0.2, -0.15) is 5.26 Å². The van der Waals surface area contributed by atoms with Gasteiger partial charge >= 0.3 is 0 Å². The molecule has 2 rings (SSSR count). The highest BCUT2D eigenvalue weighted by Crippen LogP contribution is 2.25. The van der Waals surface area contributed by atoms with E-state index < -0.39 is 5.41 Å². The highest BCUT2D eigenvalue weighted by Gasteiger charge is 2.24. The summed E-state index contributed by atoms with van der Waals surface area (Å²) in [4.78, 5) is 29.3. The number of anilines is 1. The van der Waals surface area contributed by atoms with Gasteiger partial charge in [0, 0.05) is 18.0 Å². The molecule has 0 aliphatic carbocycles. The fourth-order valence-corrected chi connectivity index (χ4v) is 2.98. The molecule has 0 bridgehead atoms. The van der Waals surface area contributed by atoms with Gasteiger partial charge in [0.25, 0.3) is 0 Å². The van der Waals surface area contributed by atoms with E-state index in [1.54, 1.807) is 13.1 Å². The molecule has 9 heteroatoms. The maximum Gasteiger partial charge on any atom is 0.231 e. The van der Waals surface area contributed by atoms with Gasteiger partial charge < -0.3 is 5.32 Å². The molecule has 0 spiro atoms. The number of aromatic nitrogens is 4. The number of nitrogens with one attached hydrogen (secondary N) is 1. The van der Waals surface area contributed by atoms with Crippen LogP contribution in [0.3, 0.4) is 0 Å². The van der Waals surface area contributed by atoms with Crippen molar-refractivity contribution in [2.45, 2.75) is 53.5 Å². The van der Waals surface area contributed by atoms with Crippen LogP contribution in [0.5, 0.6) is 0 Å². The van der Waals surface area contributed by atoms with Gasteiger partial charge in [-0.15, -0.1) is 5.10 Å². The second-order valence-electron chi connectivity index (χ2n) is 6.98. The van der Waals surface area contributed by atoms with E-state index in [1.165, 1.54) is 4.68 Å². The summed E-state index contributed by atoms with van der Waals surface area (Å²) < 4.78 is 1.48. The summed E-state index contributed by atoms with van der Waals surface area (Å²) in [5.41, 5.74) is 0.803. The Balaban J connectivity index is 2.02. The Morgan fingerprint density at radius 3 is 2.77 bits per heavy atom. The summed E-state index contributed by atoms with van der Waals surface area (Å²) in [7, 11) is 0. The Morgan fingerprint density at radius 2 is 2.12 bits per heavy atom. The summed E-state index contributed by atoms with van der Waals surface area (Å²) in [5, 5.41) is 19.7. The summed E-state index contributed by atoms with van der Waals surface area (Å²) in [6, 6.07) is 2.09. The SMILES string of the molecule is Cc1nc(NC(=O)C(C)(C)C)sc1C(=O)Cn1cc(CCCC#N)nn1. The van der Waals surface area contributed by atoms with Gasteiger partial charge in [-0.25, -0.2) is 9.67 Å². The second-order valence-corrected chi connectivity index (χ2v) is 7.98. The second kappa shape index (κ2) is 8.19. The van der Waals surface area contributed by atoms with Gasteiger partial charge in [-0.3, -0.25) is 9.59 Å². The van der Waals surface area contributed by atoms with E-state index in [2.05, 4.69) is 26.7 Å². The van der Waals surface area contributed by atoms with Gasteiger partial charge in [0.15, 0.2) is 10.9 Å². The molecule has 0 atom stereocenters. The summed E-state index contributed by atoms with van der Waals surface area (Å²) in [6.07, 6.45) is 3.56. The van der Waals surface area contributed by atoms with Crippen LogP contribution in [-0.2, 0) is 17.8 Å². The largest absolute Gasteiger partial charge is 0.301 e. The number of hydrogen-bond donors (Lipinski definition) is 1. The first-order chi connectivity index (χ1) is 12.2. The van der Waals surface area contributed by atoms with Crippen molar-refractivity contribution in [1.82, 2.24) is 20.0 Å². The van der Waals surface area contributed by atoms with Crippen molar-refractivity contribution in [3.05, 3.63) is 22.5 Å². The smallest absolute Gasteiger partial charge is 0.231 e. The Hall–Kier alpha value is -2.60. The molecule has 0 saturated heterocycles. The van der Waals surface area contributed by atoms with E-state index >= 15 is 0 Å². The van der Waals surface area contributed by atoms with Crippen LogP contribution in [0.25, 0.3) is 0 Å². The first kappa shape index (κ1) is 19.7. The third-order valence-corrected chi connectivity index (χ3v) is 4.68. The molecular formula is C17H22N6O2S. The van der Waals surface area contributed by atoms with Gasteiger partial charge in [-0.05, 0) is 19.8 Å². The number of aryl methyl sites for hydroxylation is 2. The molecule has 0 aliphatic heterocycles. The molecule has 2 aromatic heterocycles. The van der Waals surface area contributed by atoms with Gasteiger partial charge in [0.2, 0.25) is 5.91 Å². The summed E-state index contributed by atoms with van der Waals surface area (Å²) in [6.45, 7) is 7.24. The molecule has 8 nitrogen and oxygen atoms in total. The molecule has 0 aromatic carbocycles. The Morgan fingerprint density at radius 1 is 1.38 bits per heavy atom. The molecule has 138 valence electrons. The zero-order valence-electron chi connectivity index (χ0n) is 15.4. The van der Waals surface area contributed by atoms with Crippen molar-refractivity contribution < 1.29 is 9.59 Å². The summed E-state index contributed by atoms with van der Waals surface area (Å²) >= 11 is 1.16. The predicted octanol–water partition coefficient (Wildman–Crippen LogP) is 2.76. The van der Waals surface area contributed by atoms with Crippen molar-refractivity contribution in [1.29, 1.82) is 5.26 Å². The van der Waals surface area contributed by atoms with Crippen LogP contribution in [0.15, 0.2) is 6.20 Å². The monoisotopic (exact) mass is 374 g/mol. The predicted molar refractivity (Wildman–Crippen MR) is 97.8 cm³/mol. The molecular weight excluding hydrogens is 352 g/mol. The minimum absolute atomic E-state index is 0.0565. The molecule has 0 saturated carbocycles. The van der Waals surface area contributed by atoms with E-state index in [0.29, 0.717) is 35.0 Å². The lowest BCUT2D eigenvalue weighted by Crippen LogP contribution is -2.27. The lowest BCUT2D eigenvalue weighted by molar-refractivity contribution is -0.123. The lowest BCUT2D eigenvalue weighted by Gasteiger charge is -2.15. The average Bonchev–Trinajstić information content (AvgIpc) is 3.13. The zero-order valence-corrected chi connectivity index (χ0v) is 16.2. The number of amides is 1. The van der Waals surface area contributed by atoms with Gasteiger partial charge in [0.05, 0.1) is 22.3 Å². The Kier molecular flexibility index (Phi) is 6.21. The van der Waals surface area contributed by atoms with Gasteiger partial charge in [-0.1, -0.05) is 37.3 Å². The van der Waals surface area contributed by atoms with Crippen LogP contribution in [0.1, 0.15) is 54.7 Å². The van der Waals surface area contributed by atoms with E-state index in [9.17, 15) is 9.59 Å². The molecule has 1 N–H and O–H groups in total. The number of nitriles is 1. The van der Waals surface area contributed by atoms with Gasteiger partial charge in [0.1, 0.15) is 6.54 Å². The third kappa shape index (κ3) is 5.20. The number of ketones is 1. The van der Waals surface area contributed by atoms with E-state index in [4.69, 9.17) is 5.26 Å². The summed E-state index contributed by atoms with van der Waals surface area (Å²) in [5.74, 6) is -0.284. The Bertz CT molecular complexity index is 840. The first-order valence-electron chi connectivity index (χ1n) is 8.28. The number of thiazole rings is 1. The number of nitrogens with zero attached hydrogens (tertiary/aromatic N) is 5. The van der Waals surface area contributed by atoms with E-state index in [-0.39, 0.29) is 18.2 Å². The number of unbranched alkanes of at least 4 members (excludes halogenated alkanes) is 1. The van der Waals surface area contributed by atoms with Crippen LogP contribution in [0.2, 0.25) is 0 Å². The number of rotatable bonds is 7. The highest BCUT2D eigenvalue weighted by molar-refractivity contribution is 7.17. The van der Waals surface area contributed by atoms with Crippen LogP contribution in [0, 0.1) is 23.7 Å². The minimum Gasteiger partial charge on any atom is -0.301 e. The van der Waals surface area contributed by atoms with Crippen LogP contribution < -0.4 is 5.32 Å². The minimum atomic E-state index is -0.535. The first-order valence-corrected chi connectivity index (χ1v) is 9.10. The normalized spacial score (nSPS) is 11.2. The molecule has 0 radical (unpaired) electrons. The maximum atomic E-state index is 12.5. The standard InChI is InChI=1S/C17H22N6O2S/c1-11-14(26-16(19-11)20-15(25)17(2,3)4)13(24)10-23-9-12(21-22-23)7-5-6-8-18/h9H,5-7,10H2,1-4H3,(H,19,20,25). The van der Waals surface area contributed by atoms with Crippen LogP contribution in [-0.4, -0.2) is 31.7 Å². The third-order valence-electron chi connectivity index (χ3n) is 3.56. The van der Waals surface area contributed by atoms with Crippen molar-refractivity contribution in [3.8, 4) is 6.07 Å². The number of hydrogen-bond acceptors (Lipinski definition) is 7. The van der Waals surface area contributed by atoms with E-state index in [1.807, 2.05) is 20.8 Å². The van der Waals surface area contributed by atoms with Crippen molar-refractivity contribution in [2.75, 3.05) is 5.32 Å². The molecule has 26 heavy (non-hydrogen) atoms. The molecule has 1 amide bonds. The topological polar surface area (TPSA) is 114 Å². The molecule has 0 fully saturated rings. The van der Waals surface area contributed by atoms with Crippen molar-refractivity contribution >= 4 is 28.2 Å². The average molecular weight is 374 g/mol. The highest BCUT2D eigenvalue weighted by atomic mass is 32.1. The molecule has 0 unspecified atom stereocenters. The number of carbonyl (C=O) groups is 2. The number of carbonyl (C=O) groups excluding carboxylic acids is 2. The molecule has 2 aromatic rings. The van der Waals surface area contributed by atoms with Crippen molar-refractivity contribution in [3.63, 3.8) is 0 Å². The zero-order chi connectivity index (χ0) is 19.3. The van der Waals surface area contributed by atoms with Crippen LogP contribution in [0.4, 0.5) is 5.13 Å². The van der Waals surface area contributed by atoms with Crippen molar-refractivity contribution in [2.24, 2.45) is 5.41 Å². The molecule has 0 aliphatic rings. The Labute approximate surface area is 156 Å². The van der Waals surface area contributed by atoms with Crippen LogP contribution >= 0.6 is 11.3 Å². The maximum absolute atomic E-state index is 12.5. The quantitative estimate of drug-likeness (QED) is 0.589. The van der Waals surface area contributed by atoms with E-state index in [0.717, 1.165) is 17.0 Å². The molecule has 2 heterocycles.